The van der Waals surface area contributed by atoms with Crippen molar-refractivity contribution in [2.24, 2.45) is 13.0 Å². The molecule has 2 N–H and O–H groups in total. The Morgan fingerprint density at radius 3 is 2.38 bits per heavy atom. The number of hydrogen-bond donors (Lipinski definition) is 2. The van der Waals surface area contributed by atoms with Crippen molar-refractivity contribution in [2.75, 3.05) is 19.7 Å². The molecule has 1 saturated carbocycles. The predicted octanol–water partition coefficient (Wildman–Crippen LogP) is 0.831. The maximum absolute atomic E-state index is 12.7. The number of imidazole rings is 1. The van der Waals surface area contributed by atoms with Gasteiger partial charge in [0.15, 0.2) is 11.6 Å². The first-order valence-electron chi connectivity index (χ1n) is 10.9. The molecule has 2 heterocycles. The molecule has 0 bridgehead atoms. The zero-order valence-corrected chi connectivity index (χ0v) is 19.3. The monoisotopic (exact) mass is 469 g/mol. The second-order valence-electron chi connectivity index (χ2n) is 8.38. The van der Waals surface area contributed by atoms with Crippen molar-refractivity contribution in [3.05, 3.63) is 12.0 Å². The minimum Gasteiger partial charge on any atom is -0.455 e. The molecule has 3 rings (SSSR count). The van der Waals surface area contributed by atoms with Gasteiger partial charge in [-0.2, -0.15) is 4.31 Å². The van der Waals surface area contributed by atoms with Gasteiger partial charge in [-0.25, -0.2) is 18.2 Å². The Morgan fingerprint density at radius 2 is 1.78 bits per heavy atom. The van der Waals surface area contributed by atoms with Crippen LogP contribution in [0.4, 0.5) is 4.79 Å². The highest BCUT2D eigenvalue weighted by Gasteiger charge is 2.34. The molecule has 11 nitrogen and oxygen atoms in total. The van der Waals surface area contributed by atoms with Gasteiger partial charge in [-0.3, -0.25) is 14.9 Å². The smallest absolute Gasteiger partial charge is 0.321 e. The van der Waals surface area contributed by atoms with E-state index in [1.54, 1.807) is 18.5 Å². The number of piperidine rings is 1. The number of nitrogens with one attached hydrogen (secondary N) is 2. The fourth-order valence-corrected chi connectivity index (χ4v) is 5.50. The maximum Gasteiger partial charge on any atom is 0.321 e. The number of imide groups is 1. The molecule has 32 heavy (non-hydrogen) atoms. The van der Waals surface area contributed by atoms with E-state index in [0.29, 0.717) is 5.82 Å². The summed E-state index contributed by atoms with van der Waals surface area (Å²) in [7, 11) is -2.00. The molecule has 2 aliphatic rings. The van der Waals surface area contributed by atoms with Crippen LogP contribution in [0.5, 0.6) is 0 Å². The van der Waals surface area contributed by atoms with Gasteiger partial charge in [0.25, 0.3) is 15.9 Å². The van der Waals surface area contributed by atoms with Crippen molar-refractivity contribution < 1.29 is 27.5 Å². The largest absolute Gasteiger partial charge is 0.455 e. The number of aromatic nitrogens is 2. The normalized spacial score (nSPS) is 18.8. The van der Waals surface area contributed by atoms with Crippen LogP contribution in [-0.4, -0.2) is 65.9 Å². The first-order valence-corrected chi connectivity index (χ1v) is 12.4. The van der Waals surface area contributed by atoms with Crippen LogP contribution in [0.15, 0.2) is 11.2 Å². The van der Waals surface area contributed by atoms with Gasteiger partial charge in [0.1, 0.15) is 5.82 Å². The van der Waals surface area contributed by atoms with Crippen molar-refractivity contribution in [2.45, 2.75) is 62.9 Å². The third kappa shape index (κ3) is 6.06. The van der Waals surface area contributed by atoms with E-state index in [4.69, 9.17) is 4.74 Å². The van der Waals surface area contributed by atoms with Crippen LogP contribution in [0.1, 0.15) is 50.8 Å². The van der Waals surface area contributed by atoms with Crippen LogP contribution in [0, 0.1) is 12.8 Å². The average Bonchev–Trinajstić information content (AvgIpc) is 3.12. The average molecular weight is 470 g/mol. The van der Waals surface area contributed by atoms with E-state index in [2.05, 4.69) is 15.6 Å². The standard InChI is InChI=1S/C20H31N5O6S/c1-14-21-18(12-24(14)2)32(29,30)25-10-8-15(9-11-25)19(27)31-13-17(26)23-20(28)22-16-6-4-3-5-7-16/h12,15-16H,3-11,13H2,1-2H3,(H2,22,23,26,28). The summed E-state index contributed by atoms with van der Waals surface area (Å²) in [6, 6.07) is -0.517. The second-order valence-corrected chi connectivity index (χ2v) is 10.3. The number of carbonyl (C=O) groups is 3. The van der Waals surface area contributed by atoms with E-state index in [1.807, 2.05) is 0 Å². The van der Waals surface area contributed by atoms with Crippen LogP contribution in [0.25, 0.3) is 0 Å². The summed E-state index contributed by atoms with van der Waals surface area (Å²) in [6.07, 6.45) is 7.09. The molecule has 1 aliphatic heterocycles. The lowest BCUT2D eigenvalue weighted by Crippen LogP contribution is -2.46. The Hall–Kier alpha value is -2.47. The van der Waals surface area contributed by atoms with Crippen molar-refractivity contribution in [3.8, 4) is 0 Å². The number of aryl methyl sites for hydroxylation is 2. The quantitative estimate of drug-likeness (QED) is 0.588. The number of hydrogen-bond acceptors (Lipinski definition) is 7. The van der Waals surface area contributed by atoms with E-state index in [9.17, 15) is 22.8 Å². The molecule has 1 aliphatic carbocycles. The number of carbonyl (C=O) groups excluding carboxylic acids is 3. The third-order valence-corrected chi connectivity index (χ3v) is 7.79. The topological polar surface area (TPSA) is 140 Å². The van der Waals surface area contributed by atoms with Gasteiger partial charge in [-0.1, -0.05) is 19.3 Å². The summed E-state index contributed by atoms with van der Waals surface area (Å²) in [5, 5.41) is 4.92. The fourth-order valence-electron chi connectivity index (χ4n) is 4.00. The van der Waals surface area contributed by atoms with Crippen molar-refractivity contribution in [3.63, 3.8) is 0 Å². The minimum atomic E-state index is -3.72. The molecule has 0 spiro atoms. The Bertz CT molecular complexity index is 926. The van der Waals surface area contributed by atoms with E-state index >= 15 is 0 Å². The maximum atomic E-state index is 12.7. The van der Waals surface area contributed by atoms with E-state index < -0.39 is 40.5 Å². The molecular formula is C20H31N5O6S. The zero-order chi connectivity index (χ0) is 23.3. The van der Waals surface area contributed by atoms with E-state index in [1.165, 1.54) is 10.5 Å². The summed E-state index contributed by atoms with van der Waals surface area (Å²) < 4.78 is 33.5. The number of rotatable bonds is 6. The molecule has 0 atom stereocenters. The highest BCUT2D eigenvalue weighted by atomic mass is 32.2. The number of nitrogens with zero attached hydrogens (tertiary/aromatic N) is 3. The molecule has 2 fully saturated rings. The SMILES string of the molecule is Cc1nc(S(=O)(=O)N2CCC(C(=O)OCC(=O)NC(=O)NC3CCCCC3)CC2)cn1C. The summed E-state index contributed by atoms with van der Waals surface area (Å²) in [4.78, 5) is 40.2. The Balaban J connectivity index is 1.40. The first-order chi connectivity index (χ1) is 15.2. The van der Waals surface area contributed by atoms with Crippen LogP contribution in [0.2, 0.25) is 0 Å². The van der Waals surface area contributed by atoms with Crippen LogP contribution >= 0.6 is 0 Å². The molecule has 178 valence electrons. The zero-order valence-electron chi connectivity index (χ0n) is 18.5. The summed E-state index contributed by atoms with van der Waals surface area (Å²) in [5.74, 6) is -1.18. The highest BCUT2D eigenvalue weighted by Crippen LogP contribution is 2.24. The van der Waals surface area contributed by atoms with Gasteiger partial charge < -0.3 is 14.6 Å². The minimum absolute atomic E-state index is 0.0123. The predicted molar refractivity (Wildman–Crippen MR) is 114 cm³/mol. The van der Waals surface area contributed by atoms with Crippen LogP contribution in [0.3, 0.4) is 0 Å². The molecule has 1 aromatic heterocycles. The molecule has 0 unspecified atom stereocenters. The van der Waals surface area contributed by atoms with Gasteiger partial charge in [0.2, 0.25) is 0 Å². The van der Waals surface area contributed by atoms with Crippen molar-refractivity contribution >= 4 is 27.9 Å². The summed E-state index contributed by atoms with van der Waals surface area (Å²) in [6.45, 7) is 1.49. The lowest BCUT2D eigenvalue weighted by atomic mass is 9.96. The Kier molecular flexibility index (Phi) is 7.88. The summed E-state index contributed by atoms with van der Waals surface area (Å²) >= 11 is 0. The third-order valence-electron chi connectivity index (χ3n) is 6.02. The molecular weight excluding hydrogens is 438 g/mol. The number of urea groups is 1. The number of esters is 1. The van der Waals surface area contributed by atoms with Gasteiger partial charge in [0.05, 0.1) is 5.92 Å². The number of sulfonamides is 1. The first kappa shape index (κ1) is 24.2. The molecule has 1 aromatic rings. The Morgan fingerprint density at radius 1 is 1.12 bits per heavy atom. The molecule has 0 radical (unpaired) electrons. The van der Waals surface area contributed by atoms with Gasteiger partial charge in [-0.05, 0) is 32.6 Å². The second kappa shape index (κ2) is 10.4. The van der Waals surface area contributed by atoms with Crippen LogP contribution in [-0.2, 0) is 31.4 Å². The Labute approximate surface area is 187 Å². The van der Waals surface area contributed by atoms with Crippen molar-refractivity contribution in [1.29, 1.82) is 0 Å². The summed E-state index contributed by atoms with van der Waals surface area (Å²) in [5.41, 5.74) is 0. The van der Waals surface area contributed by atoms with Gasteiger partial charge in [-0.15, -0.1) is 0 Å². The van der Waals surface area contributed by atoms with E-state index in [-0.39, 0.29) is 37.0 Å². The fraction of sp³-hybridized carbons (Fsp3) is 0.700. The molecule has 0 aromatic carbocycles. The van der Waals surface area contributed by atoms with Gasteiger partial charge in [0, 0.05) is 32.4 Å². The number of ether oxygens (including phenoxy) is 1. The van der Waals surface area contributed by atoms with Crippen LogP contribution < -0.4 is 10.6 Å². The number of amides is 3. The lowest BCUT2D eigenvalue weighted by Gasteiger charge is -2.29. The molecule has 3 amide bonds. The van der Waals surface area contributed by atoms with Gasteiger partial charge >= 0.3 is 12.0 Å². The lowest BCUT2D eigenvalue weighted by molar-refractivity contribution is -0.153. The van der Waals surface area contributed by atoms with E-state index in [0.717, 1.165) is 32.1 Å². The molecule has 12 heteroatoms. The molecule has 1 saturated heterocycles. The highest BCUT2D eigenvalue weighted by molar-refractivity contribution is 7.89. The van der Waals surface area contributed by atoms with Crippen molar-refractivity contribution in [1.82, 2.24) is 24.5 Å².